The maximum atomic E-state index is 9.99. The lowest BCUT2D eigenvalue weighted by atomic mass is 10.1. The third-order valence-electron chi connectivity index (χ3n) is 2.88. The second-order valence-corrected chi connectivity index (χ2v) is 4.56. The van der Waals surface area contributed by atoms with Gasteiger partial charge in [-0.1, -0.05) is 41.9 Å². The zero-order valence-corrected chi connectivity index (χ0v) is 10.7. The first-order chi connectivity index (χ1) is 9.25. The normalized spacial score (nSPS) is 10.6. The predicted octanol–water partition coefficient (Wildman–Crippen LogP) is 3.90. The summed E-state index contributed by atoms with van der Waals surface area (Å²) in [7, 11) is 0. The highest BCUT2D eigenvalue weighted by Crippen LogP contribution is 2.29. The fourth-order valence-corrected chi connectivity index (χ4v) is 2.16. The van der Waals surface area contributed by atoms with Crippen molar-refractivity contribution in [2.75, 3.05) is 0 Å². The summed E-state index contributed by atoms with van der Waals surface area (Å²) < 4.78 is 1.70. The Hall–Kier alpha value is -2.26. The Labute approximate surface area is 115 Å². The minimum Gasteiger partial charge on any atom is -0.506 e. The molecule has 3 nitrogen and oxygen atoms in total. The molecule has 1 N–H and O–H groups in total. The molecule has 0 amide bonds. The lowest BCUT2D eigenvalue weighted by Crippen LogP contribution is -1.99. The van der Waals surface area contributed by atoms with Crippen LogP contribution < -0.4 is 0 Å². The fraction of sp³-hybridized carbons (Fsp3) is 0. The van der Waals surface area contributed by atoms with Crippen molar-refractivity contribution in [2.45, 2.75) is 0 Å². The Balaban J connectivity index is 2.15. The molecule has 0 bridgehead atoms. The van der Waals surface area contributed by atoms with Gasteiger partial charge >= 0.3 is 0 Å². The van der Waals surface area contributed by atoms with Gasteiger partial charge in [0.2, 0.25) is 0 Å². The van der Waals surface area contributed by atoms with Gasteiger partial charge in [0.25, 0.3) is 0 Å². The van der Waals surface area contributed by atoms with Crippen molar-refractivity contribution in [1.82, 2.24) is 9.78 Å². The summed E-state index contributed by atoms with van der Waals surface area (Å²) in [6, 6.07) is 16.8. The van der Waals surface area contributed by atoms with E-state index in [9.17, 15) is 5.11 Å². The maximum absolute atomic E-state index is 9.99. The van der Waals surface area contributed by atoms with Crippen LogP contribution in [0.5, 0.6) is 5.75 Å². The van der Waals surface area contributed by atoms with Crippen LogP contribution in [0.4, 0.5) is 0 Å². The topological polar surface area (TPSA) is 38.0 Å². The van der Waals surface area contributed by atoms with E-state index in [1.165, 1.54) is 6.07 Å². The van der Waals surface area contributed by atoms with Gasteiger partial charge in [0.15, 0.2) is 0 Å². The molecular formula is C15H11ClN2O. The third kappa shape index (κ3) is 2.20. The molecule has 4 heteroatoms. The van der Waals surface area contributed by atoms with Crippen molar-refractivity contribution in [1.29, 1.82) is 0 Å². The van der Waals surface area contributed by atoms with E-state index >= 15 is 0 Å². The van der Waals surface area contributed by atoms with Gasteiger partial charge in [-0.2, -0.15) is 5.10 Å². The Morgan fingerprint density at radius 2 is 1.79 bits per heavy atom. The van der Waals surface area contributed by atoms with Crippen molar-refractivity contribution < 1.29 is 5.11 Å². The summed E-state index contributed by atoms with van der Waals surface area (Å²) in [5, 5.41) is 14.8. The molecule has 3 rings (SSSR count). The minimum atomic E-state index is 0.105. The minimum absolute atomic E-state index is 0.105. The van der Waals surface area contributed by atoms with E-state index in [1.54, 1.807) is 23.0 Å². The first-order valence-corrected chi connectivity index (χ1v) is 6.22. The highest BCUT2D eigenvalue weighted by Gasteiger charge is 2.10. The number of nitrogens with zero attached hydrogens (tertiary/aromatic N) is 2. The monoisotopic (exact) mass is 270 g/mol. The van der Waals surface area contributed by atoms with E-state index in [0.29, 0.717) is 10.7 Å². The van der Waals surface area contributed by atoms with E-state index in [2.05, 4.69) is 5.10 Å². The molecule has 0 aliphatic heterocycles. The molecule has 0 atom stereocenters. The van der Waals surface area contributed by atoms with Gasteiger partial charge in [0, 0.05) is 16.7 Å². The van der Waals surface area contributed by atoms with Crippen LogP contribution in [0.3, 0.4) is 0 Å². The summed E-state index contributed by atoms with van der Waals surface area (Å²) in [6.45, 7) is 0. The number of hydrogen-bond donors (Lipinski definition) is 1. The molecule has 94 valence electrons. The van der Waals surface area contributed by atoms with E-state index in [-0.39, 0.29) is 5.75 Å². The van der Waals surface area contributed by atoms with E-state index in [1.807, 2.05) is 36.4 Å². The zero-order chi connectivity index (χ0) is 13.2. The molecule has 0 fully saturated rings. The Morgan fingerprint density at radius 3 is 2.53 bits per heavy atom. The maximum Gasteiger partial charge on any atom is 0.142 e. The van der Waals surface area contributed by atoms with Gasteiger partial charge in [0.1, 0.15) is 11.4 Å². The molecule has 19 heavy (non-hydrogen) atoms. The molecule has 1 heterocycles. The Morgan fingerprint density at radius 1 is 1.00 bits per heavy atom. The standard InChI is InChI=1S/C15H11ClN2O/c16-12-6-7-14(15(19)10-12)18-13(8-9-17-18)11-4-2-1-3-5-11/h1-10,19H. The number of hydrogen-bond acceptors (Lipinski definition) is 2. The molecule has 3 aromatic rings. The smallest absolute Gasteiger partial charge is 0.142 e. The molecule has 0 aliphatic rings. The number of benzene rings is 2. The first kappa shape index (κ1) is 11.8. The molecule has 1 aromatic heterocycles. The Bertz CT molecular complexity index is 707. The molecule has 0 saturated heterocycles. The van der Waals surface area contributed by atoms with E-state index in [4.69, 9.17) is 11.6 Å². The SMILES string of the molecule is Oc1cc(Cl)ccc1-n1nccc1-c1ccccc1. The van der Waals surface area contributed by atoms with Crippen LogP contribution >= 0.6 is 11.6 Å². The second kappa shape index (κ2) is 4.78. The number of phenols is 1. The van der Waals surface area contributed by atoms with Gasteiger partial charge in [-0.05, 0) is 18.2 Å². The van der Waals surface area contributed by atoms with Crippen molar-refractivity contribution in [2.24, 2.45) is 0 Å². The summed E-state index contributed by atoms with van der Waals surface area (Å²) in [4.78, 5) is 0. The van der Waals surface area contributed by atoms with Crippen LogP contribution in [0.15, 0.2) is 60.8 Å². The summed E-state index contributed by atoms with van der Waals surface area (Å²) in [6.07, 6.45) is 1.70. The first-order valence-electron chi connectivity index (χ1n) is 5.84. The second-order valence-electron chi connectivity index (χ2n) is 4.13. The number of phenolic OH excluding ortho intramolecular Hbond substituents is 1. The van der Waals surface area contributed by atoms with Crippen LogP contribution in [0.1, 0.15) is 0 Å². The molecule has 0 saturated carbocycles. The van der Waals surface area contributed by atoms with Crippen molar-refractivity contribution in [3.8, 4) is 22.7 Å². The quantitative estimate of drug-likeness (QED) is 0.767. The van der Waals surface area contributed by atoms with Crippen LogP contribution in [-0.2, 0) is 0 Å². The van der Waals surface area contributed by atoms with Crippen molar-refractivity contribution >= 4 is 11.6 Å². The molecule has 0 aliphatic carbocycles. The van der Waals surface area contributed by atoms with Gasteiger partial charge in [-0.25, -0.2) is 4.68 Å². The predicted molar refractivity (Wildman–Crippen MR) is 75.7 cm³/mol. The average Bonchev–Trinajstić information content (AvgIpc) is 2.89. The zero-order valence-electron chi connectivity index (χ0n) is 9.99. The van der Waals surface area contributed by atoms with Crippen LogP contribution in [-0.4, -0.2) is 14.9 Å². The largest absolute Gasteiger partial charge is 0.506 e. The molecule has 2 aromatic carbocycles. The number of aromatic nitrogens is 2. The molecule has 0 spiro atoms. The molecule has 0 radical (unpaired) electrons. The third-order valence-corrected chi connectivity index (χ3v) is 3.11. The van der Waals surface area contributed by atoms with Gasteiger partial charge in [-0.3, -0.25) is 0 Å². The van der Waals surface area contributed by atoms with Gasteiger partial charge < -0.3 is 5.11 Å². The van der Waals surface area contributed by atoms with Crippen molar-refractivity contribution in [3.05, 3.63) is 65.8 Å². The molecular weight excluding hydrogens is 260 g/mol. The fourth-order valence-electron chi connectivity index (χ4n) is 2.00. The lowest BCUT2D eigenvalue weighted by molar-refractivity contribution is 0.470. The van der Waals surface area contributed by atoms with Crippen LogP contribution in [0, 0.1) is 0 Å². The lowest BCUT2D eigenvalue weighted by Gasteiger charge is -2.09. The number of rotatable bonds is 2. The summed E-state index contributed by atoms with van der Waals surface area (Å²) in [5.74, 6) is 0.105. The van der Waals surface area contributed by atoms with Crippen LogP contribution in [0.25, 0.3) is 16.9 Å². The highest BCUT2D eigenvalue weighted by molar-refractivity contribution is 6.30. The van der Waals surface area contributed by atoms with Crippen molar-refractivity contribution in [3.63, 3.8) is 0 Å². The van der Waals surface area contributed by atoms with Crippen LogP contribution in [0.2, 0.25) is 5.02 Å². The summed E-state index contributed by atoms with van der Waals surface area (Å²) in [5.41, 5.74) is 2.56. The Kier molecular flexibility index (Phi) is 2.97. The van der Waals surface area contributed by atoms with E-state index < -0.39 is 0 Å². The summed E-state index contributed by atoms with van der Waals surface area (Å²) >= 11 is 5.85. The highest BCUT2D eigenvalue weighted by atomic mass is 35.5. The van der Waals surface area contributed by atoms with Gasteiger partial charge in [-0.15, -0.1) is 0 Å². The average molecular weight is 271 g/mol. The number of halogens is 1. The number of aromatic hydroxyl groups is 1. The molecule has 0 unspecified atom stereocenters. The van der Waals surface area contributed by atoms with Gasteiger partial charge in [0.05, 0.1) is 11.9 Å². The van der Waals surface area contributed by atoms with E-state index in [0.717, 1.165) is 11.3 Å².